The van der Waals surface area contributed by atoms with E-state index in [4.69, 9.17) is 4.74 Å². The highest BCUT2D eigenvalue weighted by atomic mass is 16.5. The highest BCUT2D eigenvalue weighted by Crippen LogP contribution is 2.13. The van der Waals surface area contributed by atoms with Gasteiger partial charge in [0.15, 0.2) is 6.10 Å². The van der Waals surface area contributed by atoms with Crippen molar-refractivity contribution in [2.45, 2.75) is 26.4 Å². The number of hydrogen-bond acceptors (Lipinski definition) is 6. The molecule has 1 aliphatic rings. The van der Waals surface area contributed by atoms with Crippen LogP contribution in [0.3, 0.4) is 0 Å². The molecule has 1 unspecified atom stereocenters. The molecule has 1 amide bonds. The lowest BCUT2D eigenvalue weighted by Crippen LogP contribution is -2.52. The third-order valence-electron chi connectivity index (χ3n) is 4.68. The zero-order valence-corrected chi connectivity index (χ0v) is 15.7. The third-order valence-corrected chi connectivity index (χ3v) is 4.68. The van der Waals surface area contributed by atoms with Gasteiger partial charge >= 0.3 is 5.97 Å². The Balaban J connectivity index is 1.49. The predicted octanol–water partition coefficient (Wildman–Crippen LogP) is 1.61. The van der Waals surface area contributed by atoms with Gasteiger partial charge in [0, 0.05) is 38.6 Å². The molecule has 0 aliphatic carbocycles. The lowest BCUT2D eigenvalue weighted by atomic mass is 10.1. The van der Waals surface area contributed by atoms with E-state index < -0.39 is 6.10 Å². The molecular formula is C20H24N4O3. The van der Waals surface area contributed by atoms with Crippen molar-refractivity contribution in [1.29, 1.82) is 0 Å². The fraction of sp³-hybridized carbons (Fsp3) is 0.400. The zero-order chi connectivity index (χ0) is 19.2. The number of esters is 1. The second-order valence-corrected chi connectivity index (χ2v) is 6.60. The van der Waals surface area contributed by atoms with E-state index in [1.165, 1.54) is 0 Å². The summed E-state index contributed by atoms with van der Waals surface area (Å²) in [6, 6.07) is 9.44. The number of carbonyl (C=O) groups excluding carboxylic acids is 2. The molecule has 0 saturated carbocycles. The molecule has 0 spiro atoms. The normalized spacial score (nSPS) is 15.3. The van der Waals surface area contributed by atoms with Crippen LogP contribution < -0.4 is 4.90 Å². The Morgan fingerprint density at radius 1 is 1.07 bits per heavy atom. The maximum atomic E-state index is 12.6. The quantitative estimate of drug-likeness (QED) is 0.747. The molecule has 1 aromatic heterocycles. The van der Waals surface area contributed by atoms with E-state index >= 15 is 0 Å². The van der Waals surface area contributed by atoms with E-state index in [1.54, 1.807) is 30.3 Å². The summed E-state index contributed by atoms with van der Waals surface area (Å²) in [6.45, 7) is 5.99. The number of amides is 1. The van der Waals surface area contributed by atoms with Gasteiger partial charge in [0.25, 0.3) is 5.91 Å². The van der Waals surface area contributed by atoms with Crippen LogP contribution in [0.1, 0.15) is 18.1 Å². The Labute approximate surface area is 159 Å². The minimum absolute atomic E-state index is 0.165. The average Bonchev–Trinajstić information content (AvgIpc) is 2.70. The molecule has 142 valence electrons. The Kier molecular flexibility index (Phi) is 6.01. The molecule has 0 N–H and O–H groups in total. The molecule has 2 heterocycles. The number of hydrogen-bond donors (Lipinski definition) is 0. The van der Waals surface area contributed by atoms with Gasteiger partial charge < -0.3 is 14.5 Å². The summed E-state index contributed by atoms with van der Waals surface area (Å²) in [5.41, 5.74) is 1.95. The highest BCUT2D eigenvalue weighted by Gasteiger charge is 2.27. The number of rotatable bonds is 5. The Bertz CT molecular complexity index is 789. The Morgan fingerprint density at radius 2 is 1.74 bits per heavy atom. The van der Waals surface area contributed by atoms with E-state index in [0.29, 0.717) is 32.1 Å². The zero-order valence-electron chi connectivity index (χ0n) is 15.7. The molecule has 1 saturated heterocycles. The van der Waals surface area contributed by atoms with Crippen LogP contribution in [-0.2, 0) is 20.7 Å². The number of benzene rings is 1. The fourth-order valence-corrected chi connectivity index (χ4v) is 3.09. The predicted molar refractivity (Wildman–Crippen MR) is 101 cm³/mol. The maximum Gasteiger partial charge on any atom is 0.311 e. The molecule has 1 aliphatic heterocycles. The fourth-order valence-electron chi connectivity index (χ4n) is 3.09. The summed E-state index contributed by atoms with van der Waals surface area (Å²) in [5.74, 6) is 0.116. The van der Waals surface area contributed by atoms with E-state index in [0.717, 1.165) is 11.1 Å². The van der Waals surface area contributed by atoms with Crippen LogP contribution in [0.4, 0.5) is 5.95 Å². The van der Waals surface area contributed by atoms with E-state index in [2.05, 4.69) is 9.97 Å². The summed E-state index contributed by atoms with van der Waals surface area (Å²) < 4.78 is 5.37. The summed E-state index contributed by atoms with van der Waals surface area (Å²) in [4.78, 5) is 37.0. The molecule has 0 bridgehead atoms. The third kappa shape index (κ3) is 4.81. The summed E-state index contributed by atoms with van der Waals surface area (Å²) in [5, 5.41) is 0. The van der Waals surface area contributed by atoms with E-state index in [1.807, 2.05) is 36.1 Å². The molecular weight excluding hydrogens is 344 g/mol. The number of nitrogens with zero attached hydrogens (tertiary/aromatic N) is 4. The van der Waals surface area contributed by atoms with Gasteiger partial charge in [-0.1, -0.05) is 24.3 Å². The van der Waals surface area contributed by atoms with E-state index in [9.17, 15) is 9.59 Å². The molecule has 1 aromatic carbocycles. The van der Waals surface area contributed by atoms with Crippen LogP contribution in [0.5, 0.6) is 0 Å². The van der Waals surface area contributed by atoms with Gasteiger partial charge in [0.2, 0.25) is 5.95 Å². The standard InChI is InChI=1S/C20H24N4O3/c1-15-6-3-4-7-17(15)14-18(25)27-16(2)19(26)23-10-12-24(13-11-23)20-21-8-5-9-22-20/h3-9,16H,10-14H2,1-2H3. The van der Waals surface area contributed by atoms with Crippen LogP contribution in [-0.4, -0.2) is 59.0 Å². The SMILES string of the molecule is Cc1ccccc1CC(=O)OC(C)C(=O)N1CCN(c2ncccn2)CC1. The number of ether oxygens (including phenoxy) is 1. The van der Waals surface area contributed by atoms with Crippen molar-refractivity contribution in [3.05, 3.63) is 53.9 Å². The molecule has 3 rings (SSSR count). The van der Waals surface area contributed by atoms with Gasteiger partial charge in [-0.2, -0.15) is 0 Å². The van der Waals surface area contributed by atoms with Crippen molar-refractivity contribution < 1.29 is 14.3 Å². The molecule has 0 radical (unpaired) electrons. The number of aromatic nitrogens is 2. The number of piperazine rings is 1. The first kappa shape index (κ1) is 18.8. The van der Waals surface area contributed by atoms with Gasteiger partial charge in [-0.25, -0.2) is 9.97 Å². The lowest BCUT2D eigenvalue weighted by Gasteiger charge is -2.35. The van der Waals surface area contributed by atoms with E-state index in [-0.39, 0.29) is 18.3 Å². The van der Waals surface area contributed by atoms with Crippen molar-refractivity contribution >= 4 is 17.8 Å². The molecule has 27 heavy (non-hydrogen) atoms. The van der Waals surface area contributed by atoms with Gasteiger partial charge in [0.1, 0.15) is 0 Å². The summed E-state index contributed by atoms with van der Waals surface area (Å²) in [7, 11) is 0. The minimum Gasteiger partial charge on any atom is -0.452 e. The van der Waals surface area contributed by atoms with Crippen LogP contribution in [0.15, 0.2) is 42.7 Å². The van der Waals surface area contributed by atoms with Gasteiger partial charge in [-0.05, 0) is 31.0 Å². The first-order valence-corrected chi connectivity index (χ1v) is 9.09. The van der Waals surface area contributed by atoms with Crippen LogP contribution in [0.2, 0.25) is 0 Å². The first-order chi connectivity index (χ1) is 13.0. The maximum absolute atomic E-state index is 12.6. The first-order valence-electron chi connectivity index (χ1n) is 9.09. The number of carbonyl (C=O) groups is 2. The lowest BCUT2D eigenvalue weighted by molar-refractivity contribution is -0.158. The van der Waals surface area contributed by atoms with Crippen LogP contribution in [0.25, 0.3) is 0 Å². The summed E-state index contributed by atoms with van der Waals surface area (Å²) >= 11 is 0. The van der Waals surface area contributed by atoms with Crippen molar-refractivity contribution in [3.8, 4) is 0 Å². The van der Waals surface area contributed by atoms with Crippen molar-refractivity contribution in [1.82, 2.24) is 14.9 Å². The molecule has 7 nitrogen and oxygen atoms in total. The molecule has 7 heteroatoms. The highest BCUT2D eigenvalue weighted by molar-refractivity contribution is 5.84. The second-order valence-electron chi connectivity index (χ2n) is 6.60. The topological polar surface area (TPSA) is 75.6 Å². The molecule has 2 aromatic rings. The van der Waals surface area contributed by atoms with Crippen molar-refractivity contribution in [2.75, 3.05) is 31.1 Å². The van der Waals surface area contributed by atoms with Crippen LogP contribution in [0, 0.1) is 6.92 Å². The molecule has 1 fully saturated rings. The number of anilines is 1. The van der Waals surface area contributed by atoms with Gasteiger partial charge in [-0.3, -0.25) is 9.59 Å². The Hall–Kier alpha value is -2.96. The van der Waals surface area contributed by atoms with Gasteiger partial charge in [0.05, 0.1) is 6.42 Å². The monoisotopic (exact) mass is 368 g/mol. The Morgan fingerprint density at radius 3 is 2.41 bits per heavy atom. The average molecular weight is 368 g/mol. The second kappa shape index (κ2) is 8.62. The summed E-state index contributed by atoms with van der Waals surface area (Å²) in [6.07, 6.45) is 2.79. The van der Waals surface area contributed by atoms with Crippen LogP contribution >= 0.6 is 0 Å². The van der Waals surface area contributed by atoms with Gasteiger partial charge in [-0.15, -0.1) is 0 Å². The molecule has 1 atom stereocenters. The van der Waals surface area contributed by atoms with Crippen molar-refractivity contribution in [3.63, 3.8) is 0 Å². The largest absolute Gasteiger partial charge is 0.452 e. The number of aryl methyl sites for hydroxylation is 1. The minimum atomic E-state index is -0.791. The van der Waals surface area contributed by atoms with Crippen molar-refractivity contribution in [2.24, 2.45) is 0 Å². The smallest absolute Gasteiger partial charge is 0.311 e.